The van der Waals surface area contributed by atoms with Gasteiger partial charge in [-0.3, -0.25) is 4.79 Å². The maximum absolute atomic E-state index is 10.8. The lowest BCUT2D eigenvalue weighted by Gasteiger charge is -2.03. The zero-order valence-electron chi connectivity index (χ0n) is 9.64. The van der Waals surface area contributed by atoms with Crippen molar-refractivity contribution in [1.29, 1.82) is 0 Å². The Balaban J connectivity index is 2.37. The topological polar surface area (TPSA) is 72.6 Å². The minimum Gasteiger partial charge on any atom is -0.497 e. The predicted octanol–water partition coefficient (Wildman–Crippen LogP) is 2.10. The van der Waals surface area contributed by atoms with Gasteiger partial charge in [-0.15, -0.1) is 0 Å². The van der Waals surface area contributed by atoms with Gasteiger partial charge in [-0.25, -0.2) is 0 Å². The van der Waals surface area contributed by atoms with Crippen molar-refractivity contribution in [3.05, 3.63) is 24.0 Å². The SMILES string of the molecule is COc1ccc2noc(CC(C)C(=O)O)c2c1. The lowest BCUT2D eigenvalue weighted by Crippen LogP contribution is -2.11. The van der Waals surface area contributed by atoms with Gasteiger partial charge in [-0.1, -0.05) is 12.1 Å². The molecule has 0 spiro atoms. The van der Waals surface area contributed by atoms with Crippen LogP contribution in [0, 0.1) is 5.92 Å². The summed E-state index contributed by atoms with van der Waals surface area (Å²) in [5.74, 6) is -0.0754. The summed E-state index contributed by atoms with van der Waals surface area (Å²) in [6.45, 7) is 1.64. The van der Waals surface area contributed by atoms with Crippen LogP contribution in [-0.4, -0.2) is 23.3 Å². The van der Waals surface area contributed by atoms with Crippen LogP contribution in [-0.2, 0) is 11.2 Å². The molecule has 5 heteroatoms. The average molecular weight is 235 g/mol. The van der Waals surface area contributed by atoms with Crippen molar-refractivity contribution in [2.45, 2.75) is 13.3 Å². The number of hydrogen-bond donors (Lipinski definition) is 1. The van der Waals surface area contributed by atoms with E-state index in [1.165, 1.54) is 0 Å². The first kappa shape index (κ1) is 11.4. The molecule has 0 amide bonds. The van der Waals surface area contributed by atoms with Crippen molar-refractivity contribution < 1.29 is 19.2 Å². The van der Waals surface area contributed by atoms with Crippen LogP contribution in [0.15, 0.2) is 22.7 Å². The predicted molar refractivity (Wildman–Crippen MR) is 61.1 cm³/mol. The highest BCUT2D eigenvalue weighted by atomic mass is 16.5. The zero-order chi connectivity index (χ0) is 12.4. The monoisotopic (exact) mass is 235 g/mol. The summed E-state index contributed by atoms with van der Waals surface area (Å²) in [5, 5.41) is 13.6. The molecule has 1 aromatic carbocycles. The van der Waals surface area contributed by atoms with Gasteiger partial charge in [0.2, 0.25) is 0 Å². The molecule has 0 saturated carbocycles. The first-order valence-electron chi connectivity index (χ1n) is 5.27. The molecule has 5 nitrogen and oxygen atoms in total. The number of nitrogens with zero attached hydrogens (tertiary/aromatic N) is 1. The molecule has 1 N–H and O–H groups in total. The largest absolute Gasteiger partial charge is 0.497 e. The summed E-state index contributed by atoms with van der Waals surface area (Å²) in [6, 6.07) is 5.37. The Morgan fingerprint density at radius 2 is 2.35 bits per heavy atom. The summed E-state index contributed by atoms with van der Waals surface area (Å²) in [6.07, 6.45) is 0.318. The van der Waals surface area contributed by atoms with E-state index < -0.39 is 11.9 Å². The van der Waals surface area contributed by atoms with Gasteiger partial charge in [0.05, 0.1) is 13.0 Å². The number of carboxylic acids is 1. The van der Waals surface area contributed by atoms with Crippen molar-refractivity contribution >= 4 is 16.9 Å². The van der Waals surface area contributed by atoms with Gasteiger partial charge in [0.1, 0.15) is 17.0 Å². The molecule has 2 rings (SSSR count). The van der Waals surface area contributed by atoms with E-state index in [-0.39, 0.29) is 0 Å². The van der Waals surface area contributed by atoms with E-state index in [4.69, 9.17) is 14.4 Å². The van der Waals surface area contributed by atoms with Gasteiger partial charge in [0, 0.05) is 11.8 Å². The highest BCUT2D eigenvalue weighted by Crippen LogP contribution is 2.25. The number of hydrogen-bond acceptors (Lipinski definition) is 4. The number of carbonyl (C=O) groups is 1. The molecule has 1 unspecified atom stereocenters. The molecule has 1 heterocycles. The Hall–Kier alpha value is -2.04. The van der Waals surface area contributed by atoms with Gasteiger partial charge in [-0.05, 0) is 18.2 Å². The molecule has 1 atom stereocenters. The van der Waals surface area contributed by atoms with Gasteiger partial charge < -0.3 is 14.4 Å². The van der Waals surface area contributed by atoms with E-state index in [9.17, 15) is 4.79 Å². The number of aromatic nitrogens is 1. The first-order valence-corrected chi connectivity index (χ1v) is 5.27. The van der Waals surface area contributed by atoms with Gasteiger partial charge in [-0.2, -0.15) is 0 Å². The second-order valence-electron chi connectivity index (χ2n) is 3.93. The van der Waals surface area contributed by atoms with Crippen LogP contribution in [0.5, 0.6) is 5.75 Å². The summed E-state index contributed by atoms with van der Waals surface area (Å²) in [4.78, 5) is 10.8. The van der Waals surface area contributed by atoms with Crippen LogP contribution in [0.1, 0.15) is 12.7 Å². The minimum absolute atomic E-state index is 0.318. The number of rotatable bonds is 4. The van der Waals surface area contributed by atoms with Gasteiger partial charge >= 0.3 is 5.97 Å². The molecule has 0 saturated heterocycles. The van der Waals surface area contributed by atoms with E-state index in [0.29, 0.717) is 23.4 Å². The van der Waals surface area contributed by atoms with E-state index in [0.717, 1.165) is 5.39 Å². The van der Waals surface area contributed by atoms with Gasteiger partial charge in [0.25, 0.3) is 0 Å². The van der Waals surface area contributed by atoms with Crippen LogP contribution < -0.4 is 4.74 Å². The number of benzene rings is 1. The fraction of sp³-hybridized carbons (Fsp3) is 0.333. The molecule has 90 valence electrons. The summed E-state index contributed by atoms with van der Waals surface area (Å²) in [5.41, 5.74) is 0.707. The molecule has 0 aliphatic carbocycles. The smallest absolute Gasteiger partial charge is 0.306 e. The Labute approximate surface area is 98.0 Å². The van der Waals surface area contributed by atoms with Crippen LogP contribution in [0.2, 0.25) is 0 Å². The fourth-order valence-electron chi connectivity index (χ4n) is 1.61. The molecule has 17 heavy (non-hydrogen) atoms. The van der Waals surface area contributed by atoms with Gasteiger partial charge in [0.15, 0.2) is 0 Å². The van der Waals surface area contributed by atoms with E-state index in [1.54, 1.807) is 32.2 Å². The second kappa shape index (κ2) is 4.45. The first-order chi connectivity index (χ1) is 8.11. The highest BCUT2D eigenvalue weighted by Gasteiger charge is 2.17. The number of fused-ring (bicyclic) bond motifs is 1. The highest BCUT2D eigenvalue weighted by molar-refractivity contribution is 5.82. The molecule has 2 aromatic rings. The zero-order valence-corrected chi connectivity index (χ0v) is 9.64. The van der Waals surface area contributed by atoms with Crippen molar-refractivity contribution in [2.24, 2.45) is 5.92 Å². The third-order valence-corrected chi connectivity index (χ3v) is 2.67. The van der Waals surface area contributed by atoms with E-state index in [2.05, 4.69) is 5.16 Å². The maximum Gasteiger partial charge on any atom is 0.306 e. The average Bonchev–Trinajstić information content (AvgIpc) is 2.71. The Kier molecular flexibility index (Phi) is 2.99. The van der Waals surface area contributed by atoms with Crippen LogP contribution in [0.4, 0.5) is 0 Å². The number of methoxy groups -OCH3 is 1. The normalized spacial score (nSPS) is 12.6. The third-order valence-electron chi connectivity index (χ3n) is 2.67. The molecular weight excluding hydrogens is 222 g/mol. The number of carboxylic acid groups (broad SMARTS) is 1. The lowest BCUT2D eigenvalue weighted by atomic mass is 10.0. The minimum atomic E-state index is -0.850. The Bertz CT molecular complexity index is 546. The van der Waals surface area contributed by atoms with Crippen molar-refractivity contribution in [2.75, 3.05) is 7.11 Å². The molecule has 0 bridgehead atoms. The Morgan fingerprint density at radius 1 is 1.59 bits per heavy atom. The molecule has 0 aliphatic rings. The number of ether oxygens (including phenoxy) is 1. The molecule has 0 radical (unpaired) electrons. The van der Waals surface area contributed by atoms with E-state index >= 15 is 0 Å². The van der Waals surface area contributed by atoms with Crippen LogP contribution in [0.25, 0.3) is 10.9 Å². The quantitative estimate of drug-likeness (QED) is 0.878. The molecule has 0 fully saturated rings. The number of aliphatic carboxylic acids is 1. The summed E-state index contributed by atoms with van der Waals surface area (Å²) in [7, 11) is 1.58. The molecule has 1 aromatic heterocycles. The molecule has 0 aliphatic heterocycles. The third kappa shape index (κ3) is 2.22. The second-order valence-corrected chi connectivity index (χ2v) is 3.93. The maximum atomic E-state index is 10.8. The van der Waals surface area contributed by atoms with E-state index in [1.807, 2.05) is 0 Å². The lowest BCUT2D eigenvalue weighted by molar-refractivity contribution is -0.141. The van der Waals surface area contributed by atoms with Crippen molar-refractivity contribution in [3.8, 4) is 5.75 Å². The summed E-state index contributed by atoms with van der Waals surface area (Å²) < 4.78 is 10.3. The van der Waals surface area contributed by atoms with Crippen LogP contribution >= 0.6 is 0 Å². The Morgan fingerprint density at radius 3 is 3.00 bits per heavy atom. The summed E-state index contributed by atoms with van der Waals surface area (Å²) >= 11 is 0. The fourth-order valence-corrected chi connectivity index (χ4v) is 1.61. The van der Waals surface area contributed by atoms with Crippen LogP contribution in [0.3, 0.4) is 0 Å². The molecular formula is C12H13NO4. The van der Waals surface area contributed by atoms with Crippen molar-refractivity contribution in [1.82, 2.24) is 5.16 Å². The van der Waals surface area contributed by atoms with Crippen molar-refractivity contribution in [3.63, 3.8) is 0 Å². The standard InChI is InChI=1S/C12H13NO4/c1-7(12(14)15)5-11-9-6-8(16-2)3-4-10(9)13-17-11/h3-4,6-7H,5H2,1-2H3,(H,14,15).